The van der Waals surface area contributed by atoms with E-state index in [1.807, 2.05) is 0 Å². The Labute approximate surface area is 110 Å². The van der Waals surface area contributed by atoms with Gasteiger partial charge in [0.2, 0.25) is 5.78 Å². The van der Waals surface area contributed by atoms with E-state index in [0.29, 0.717) is 30.3 Å². The number of fused-ring (bicyclic) bond motifs is 1. The zero-order valence-electron chi connectivity index (χ0n) is 9.94. The smallest absolute Gasteiger partial charge is 0.220 e. The summed E-state index contributed by atoms with van der Waals surface area (Å²) in [6.45, 7) is 2.37. The zero-order valence-corrected chi connectivity index (χ0v) is 10.7. The van der Waals surface area contributed by atoms with Crippen LogP contribution in [0, 0.1) is 0 Å². The highest BCUT2D eigenvalue weighted by Gasteiger charge is 2.23. The van der Waals surface area contributed by atoms with E-state index in [4.69, 9.17) is 21.1 Å². The van der Waals surface area contributed by atoms with Crippen LogP contribution in [-0.2, 0) is 9.59 Å². The van der Waals surface area contributed by atoms with Gasteiger partial charge in [0.25, 0.3) is 0 Å². The van der Waals surface area contributed by atoms with Crippen LogP contribution in [0.1, 0.15) is 24.3 Å². The second-order valence-electron chi connectivity index (χ2n) is 4.04. The van der Waals surface area contributed by atoms with E-state index < -0.39 is 16.9 Å². The Balaban J connectivity index is 2.27. The third-order valence-corrected chi connectivity index (χ3v) is 3.09. The standard InChI is InChI=1S/C13H13ClO4/c1-8(15)13(16)12(14)9-3-4-10-11(7-9)18-6-2-5-17-10/h3-4,7,12H,2,5-6H2,1H3. The molecule has 0 fully saturated rings. The van der Waals surface area contributed by atoms with Gasteiger partial charge in [-0.2, -0.15) is 0 Å². The molecule has 0 saturated heterocycles. The van der Waals surface area contributed by atoms with Crippen LogP contribution in [0.2, 0.25) is 0 Å². The van der Waals surface area contributed by atoms with Crippen LogP contribution < -0.4 is 9.47 Å². The summed E-state index contributed by atoms with van der Waals surface area (Å²) < 4.78 is 11.0. The maximum atomic E-state index is 11.5. The minimum Gasteiger partial charge on any atom is -0.490 e. The fraction of sp³-hybridized carbons (Fsp3) is 0.385. The maximum Gasteiger partial charge on any atom is 0.220 e. The van der Waals surface area contributed by atoms with Gasteiger partial charge in [-0.15, -0.1) is 11.6 Å². The third-order valence-electron chi connectivity index (χ3n) is 2.64. The number of rotatable bonds is 3. The minimum absolute atomic E-state index is 0.543. The van der Waals surface area contributed by atoms with Crippen molar-refractivity contribution in [3.63, 3.8) is 0 Å². The maximum absolute atomic E-state index is 11.5. The van der Waals surface area contributed by atoms with E-state index in [-0.39, 0.29) is 0 Å². The van der Waals surface area contributed by atoms with Gasteiger partial charge in [-0.25, -0.2) is 0 Å². The molecule has 0 N–H and O–H groups in total. The molecule has 0 saturated carbocycles. The highest BCUT2D eigenvalue weighted by Crippen LogP contribution is 2.34. The largest absolute Gasteiger partial charge is 0.490 e. The lowest BCUT2D eigenvalue weighted by Crippen LogP contribution is -2.15. The molecule has 1 unspecified atom stereocenters. The Morgan fingerprint density at radius 1 is 1.22 bits per heavy atom. The molecule has 0 spiro atoms. The number of carbonyl (C=O) groups is 2. The Kier molecular flexibility index (Phi) is 3.87. The van der Waals surface area contributed by atoms with Gasteiger partial charge in [0.05, 0.1) is 13.2 Å². The van der Waals surface area contributed by atoms with Gasteiger partial charge in [0.1, 0.15) is 5.38 Å². The molecule has 5 heteroatoms. The number of halogens is 1. The molecule has 96 valence electrons. The van der Waals surface area contributed by atoms with Gasteiger partial charge in [0.15, 0.2) is 17.3 Å². The van der Waals surface area contributed by atoms with E-state index in [2.05, 4.69) is 0 Å². The SMILES string of the molecule is CC(=O)C(=O)C(Cl)c1ccc2c(c1)OCCCO2. The van der Waals surface area contributed by atoms with Gasteiger partial charge >= 0.3 is 0 Å². The van der Waals surface area contributed by atoms with Crippen molar-refractivity contribution in [3.8, 4) is 11.5 Å². The number of alkyl halides is 1. The van der Waals surface area contributed by atoms with Crippen molar-refractivity contribution in [3.05, 3.63) is 23.8 Å². The molecule has 0 amide bonds. The molecule has 2 rings (SSSR count). The van der Waals surface area contributed by atoms with Crippen LogP contribution in [0.4, 0.5) is 0 Å². The van der Waals surface area contributed by atoms with Crippen molar-refractivity contribution >= 4 is 23.2 Å². The second kappa shape index (κ2) is 5.40. The average molecular weight is 269 g/mol. The van der Waals surface area contributed by atoms with E-state index in [0.717, 1.165) is 6.42 Å². The Bertz CT molecular complexity index is 484. The van der Waals surface area contributed by atoms with Crippen molar-refractivity contribution in [1.82, 2.24) is 0 Å². The summed E-state index contributed by atoms with van der Waals surface area (Å²) in [4.78, 5) is 22.5. The van der Waals surface area contributed by atoms with Gasteiger partial charge < -0.3 is 9.47 Å². The summed E-state index contributed by atoms with van der Waals surface area (Å²) in [5.74, 6) is 0.0238. The summed E-state index contributed by atoms with van der Waals surface area (Å²) in [6, 6.07) is 5.03. The quantitative estimate of drug-likeness (QED) is 0.623. The molecule has 1 aliphatic rings. The Hall–Kier alpha value is -1.55. The van der Waals surface area contributed by atoms with Gasteiger partial charge in [0, 0.05) is 13.3 Å². The monoisotopic (exact) mass is 268 g/mol. The molecule has 0 bridgehead atoms. The first kappa shape index (κ1) is 12.9. The fourth-order valence-corrected chi connectivity index (χ4v) is 1.96. The predicted molar refractivity (Wildman–Crippen MR) is 66.3 cm³/mol. The van der Waals surface area contributed by atoms with Crippen molar-refractivity contribution < 1.29 is 19.1 Å². The lowest BCUT2D eigenvalue weighted by atomic mass is 10.1. The first-order chi connectivity index (χ1) is 8.59. The van der Waals surface area contributed by atoms with Crippen molar-refractivity contribution in [2.75, 3.05) is 13.2 Å². The van der Waals surface area contributed by atoms with Gasteiger partial charge in [-0.3, -0.25) is 9.59 Å². The summed E-state index contributed by atoms with van der Waals surface area (Å²) >= 11 is 5.97. The number of hydrogen-bond acceptors (Lipinski definition) is 4. The normalized spacial score (nSPS) is 15.7. The first-order valence-corrected chi connectivity index (χ1v) is 6.11. The van der Waals surface area contributed by atoms with E-state index in [9.17, 15) is 9.59 Å². The number of Topliss-reactive ketones (excluding diaryl/α,β-unsaturated/α-hetero) is 2. The van der Waals surface area contributed by atoms with Crippen LogP contribution in [0.5, 0.6) is 11.5 Å². The van der Waals surface area contributed by atoms with Gasteiger partial charge in [-0.05, 0) is 17.7 Å². The number of carbonyl (C=O) groups excluding carboxylic acids is 2. The van der Waals surface area contributed by atoms with Crippen LogP contribution in [-0.4, -0.2) is 24.8 Å². The third kappa shape index (κ3) is 2.64. The Morgan fingerprint density at radius 2 is 1.89 bits per heavy atom. The van der Waals surface area contributed by atoms with E-state index in [1.165, 1.54) is 6.92 Å². The minimum atomic E-state index is -0.973. The molecular weight excluding hydrogens is 256 g/mol. The number of hydrogen-bond donors (Lipinski definition) is 0. The average Bonchev–Trinajstić information content (AvgIpc) is 2.60. The highest BCUT2D eigenvalue weighted by molar-refractivity contribution is 6.48. The number of ketones is 2. The van der Waals surface area contributed by atoms with Crippen LogP contribution >= 0.6 is 11.6 Å². The summed E-state index contributed by atoms with van der Waals surface area (Å²) in [6.07, 6.45) is 0.806. The summed E-state index contributed by atoms with van der Waals surface area (Å²) in [7, 11) is 0. The molecule has 1 aromatic rings. The van der Waals surface area contributed by atoms with Crippen LogP contribution in [0.3, 0.4) is 0 Å². The highest BCUT2D eigenvalue weighted by atomic mass is 35.5. The van der Waals surface area contributed by atoms with Crippen molar-refractivity contribution in [2.24, 2.45) is 0 Å². The molecule has 1 aliphatic heterocycles. The van der Waals surface area contributed by atoms with Crippen molar-refractivity contribution in [2.45, 2.75) is 18.7 Å². The molecule has 0 aromatic heterocycles. The van der Waals surface area contributed by atoms with Crippen LogP contribution in [0.15, 0.2) is 18.2 Å². The lowest BCUT2D eigenvalue weighted by molar-refractivity contribution is -0.135. The second-order valence-corrected chi connectivity index (χ2v) is 4.48. The molecule has 18 heavy (non-hydrogen) atoms. The topological polar surface area (TPSA) is 52.6 Å². The van der Waals surface area contributed by atoms with Gasteiger partial charge in [-0.1, -0.05) is 6.07 Å². The van der Waals surface area contributed by atoms with Crippen molar-refractivity contribution in [1.29, 1.82) is 0 Å². The lowest BCUT2D eigenvalue weighted by Gasteiger charge is -2.11. The zero-order chi connectivity index (χ0) is 13.1. The molecular formula is C13H13ClO4. The molecule has 0 radical (unpaired) electrons. The molecule has 0 aliphatic carbocycles. The first-order valence-electron chi connectivity index (χ1n) is 5.68. The summed E-state index contributed by atoms with van der Waals surface area (Å²) in [5.41, 5.74) is 0.543. The van der Waals surface area contributed by atoms with E-state index >= 15 is 0 Å². The number of ether oxygens (including phenoxy) is 2. The Morgan fingerprint density at radius 3 is 2.56 bits per heavy atom. The summed E-state index contributed by atoms with van der Waals surface area (Å²) in [5, 5.41) is -0.973. The van der Waals surface area contributed by atoms with E-state index in [1.54, 1.807) is 18.2 Å². The fourth-order valence-electron chi connectivity index (χ4n) is 1.67. The van der Waals surface area contributed by atoms with Crippen LogP contribution in [0.25, 0.3) is 0 Å². The predicted octanol–water partition coefficient (Wildman–Crippen LogP) is 2.29. The molecule has 1 heterocycles. The molecule has 1 aromatic carbocycles. The molecule has 4 nitrogen and oxygen atoms in total. The molecule has 1 atom stereocenters. The number of benzene rings is 1.